The predicted octanol–water partition coefficient (Wildman–Crippen LogP) is 4.89. The summed E-state index contributed by atoms with van der Waals surface area (Å²) in [6.07, 6.45) is 4.04. The van der Waals surface area contributed by atoms with Crippen molar-refractivity contribution in [2.45, 2.75) is 46.1 Å². The van der Waals surface area contributed by atoms with Gasteiger partial charge in [-0.1, -0.05) is 37.9 Å². The van der Waals surface area contributed by atoms with Gasteiger partial charge in [-0.3, -0.25) is 0 Å². The monoisotopic (exact) mass is 251 g/mol. The van der Waals surface area contributed by atoms with E-state index in [0.717, 1.165) is 16.9 Å². The van der Waals surface area contributed by atoms with Crippen molar-refractivity contribution < 1.29 is 0 Å². The van der Waals surface area contributed by atoms with Crippen molar-refractivity contribution in [1.82, 2.24) is 0 Å². The van der Waals surface area contributed by atoms with Gasteiger partial charge >= 0.3 is 0 Å². The first-order valence-electron chi connectivity index (χ1n) is 6.61. The molecule has 1 N–H and O–H groups in total. The van der Waals surface area contributed by atoms with Crippen LogP contribution in [0.2, 0.25) is 5.02 Å². The Balaban J connectivity index is 2.16. The molecule has 1 aromatic rings. The number of hydrogen-bond acceptors (Lipinski definition) is 1. The smallest absolute Gasteiger partial charge is 0.0455 e. The molecule has 0 saturated heterocycles. The fourth-order valence-electron chi connectivity index (χ4n) is 2.91. The van der Waals surface area contributed by atoms with Crippen molar-refractivity contribution >= 4 is 17.3 Å². The molecule has 94 valence electrons. The van der Waals surface area contributed by atoms with Gasteiger partial charge in [-0.05, 0) is 49.3 Å². The SMILES string of the molecule is Cc1c(Cl)cccc1NC1C(C)CCCC1C. The summed E-state index contributed by atoms with van der Waals surface area (Å²) >= 11 is 6.16. The lowest BCUT2D eigenvalue weighted by atomic mass is 9.78. The molecule has 17 heavy (non-hydrogen) atoms. The Labute approximate surface area is 110 Å². The second-order valence-corrected chi connectivity index (χ2v) is 5.88. The van der Waals surface area contributed by atoms with Crippen LogP contribution in [-0.2, 0) is 0 Å². The van der Waals surface area contributed by atoms with E-state index in [2.05, 4.69) is 32.2 Å². The Morgan fingerprint density at radius 2 is 1.82 bits per heavy atom. The molecule has 1 fully saturated rings. The molecule has 0 bridgehead atoms. The summed E-state index contributed by atoms with van der Waals surface area (Å²) in [6.45, 7) is 6.79. The number of hydrogen-bond donors (Lipinski definition) is 1. The molecule has 0 aliphatic heterocycles. The van der Waals surface area contributed by atoms with Crippen LogP contribution >= 0.6 is 11.6 Å². The molecule has 0 heterocycles. The van der Waals surface area contributed by atoms with Crippen LogP contribution in [0.25, 0.3) is 0 Å². The summed E-state index contributed by atoms with van der Waals surface area (Å²) in [5.41, 5.74) is 2.36. The first-order valence-corrected chi connectivity index (χ1v) is 6.99. The maximum absolute atomic E-state index is 6.16. The van der Waals surface area contributed by atoms with Crippen LogP contribution < -0.4 is 5.32 Å². The second kappa shape index (κ2) is 5.30. The summed E-state index contributed by atoms with van der Waals surface area (Å²) in [5, 5.41) is 4.56. The Bertz CT molecular complexity index is 379. The van der Waals surface area contributed by atoms with Gasteiger partial charge in [-0.2, -0.15) is 0 Å². The van der Waals surface area contributed by atoms with Crippen LogP contribution in [-0.4, -0.2) is 6.04 Å². The summed E-state index contributed by atoms with van der Waals surface area (Å²) in [6, 6.07) is 6.70. The van der Waals surface area contributed by atoms with Gasteiger partial charge < -0.3 is 5.32 Å². The minimum Gasteiger partial charge on any atom is -0.382 e. The third-order valence-electron chi connectivity index (χ3n) is 4.13. The maximum atomic E-state index is 6.16. The fraction of sp³-hybridized carbons (Fsp3) is 0.600. The summed E-state index contributed by atoms with van der Waals surface area (Å²) in [5.74, 6) is 1.49. The highest BCUT2D eigenvalue weighted by molar-refractivity contribution is 6.31. The largest absolute Gasteiger partial charge is 0.382 e. The molecule has 0 amide bonds. The normalized spacial score (nSPS) is 29.1. The summed E-state index contributed by atoms with van der Waals surface area (Å²) in [7, 11) is 0. The molecule has 2 unspecified atom stereocenters. The van der Waals surface area contributed by atoms with E-state index in [4.69, 9.17) is 11.6 Å². The van der Waals surface area contributed by atoms with Gasteiger partial charge in [0.25, 0.3) is 0 Å². The summed E-state index contributed by atoms with van der Waals surface area (Å²) < 4.78 is 0. The Morgan fingerprint density at radius 1 is 1.18 bits per heavy atom. The predicted molar refractivity (Wildman–Crippen MR) is 75.8 cm³/mol. The average molecular weight is 252 g/mol. The molecule has 2 heteroatoms. The van der Waals surface area contributed by atoms with Crippen molar-refractivity contribution in [1.29, 1.82) is 0 Å². The zero-order chi connectivity index (χ0) is 12.4. The molecule has 0 spiro atoms. The Kier molecular flexibility index (Phi) is 3.98. The van der Waals surface area contributed by atoms with E-state index in [-0.39, 0.29) is 0 Å². The molecule has 2 rings (SSSR count). The van der Waals surface area contributed by atoms with Crippen molar-refractivity contribution in [3.05, 3.63) is 28.8 Å². The molecule has 1 aromatic carbocycles. The highest BCUT2D eigenvalue weighted by Crippen LogP contribution is 2.33. The van der Waals surface area contributed by atoms with Crippen LogP contribution in [0.4, 0.5) is 5.69 Å². The van der Waals surface area contributed by atoms with Gasteiger partial charge in [0, 0.05) is 16.8 Å². The third-order valence-corrected chi connectivity index (χ3v) is 4.54. The molecule has 0 radical (unpaired) electrons. The van der Waals surface area contributed by atoms with E-state index in [1.54, 1.807) is 0 Å². The van der Waals surface area contributed by atoms with Crippen molar-refractivity contribution in [3.8, 4) is 0 Å². The van der Waals surface area contributed by atoms with Gasteiger partial charge in [-0.15, -0.1) is 0 Å². The van der Waals surface area contributed by atoms with Gasteiger partial charge in [0.2, 0.25) is 0 Å². The zero-order valence-corrected chi connectivity index (χ0v) is 11.7. The highest BCUT2D eigenvalue weighted by atomic mass is 35.5. The van der Waals surface area contributed by atoms with E-state index in [0.29, 0.717) is 6.04 Å². The summed E-state index contributed by atoms with van der Waals surface area (Å²) in [4.78, 5) is 0. The topological polar surface area (TPSA) is 12.0 Å². The van der Waals surface area contributed by atoms with Gasteiger partial charge in [0.1, 0.15) is 0 Å². The molecule has 1 saturated carbocycles. The number of halogens is 1. The van der Waals surface area contributed by atoms with Crippen molar-refractivity contribution in [2.75, 3.05) is 5.32 Å². The maximum Gasteiger partial charge on any atom is 0.0455 e. The Hall–Kier alpha value is -0.690. The quantitative estimate of drug-likeness (QED) is 0.790. The Morgan fingerprint density at radius 3 is 2.47 bits per heavy atom. The van der Waals surface area contributed by atoms with E-state index in [1.165, 1.54) is 30.5 Å². The molecule has 1 nitrogen and oxygen atoms in total. The first kappa shape index (κ1) is 12.8. The van der Waals surface area contributed by atoms with E-state index >= 15 is 0 Å². The lowest BCUT2D eigenvalue weighted by molar-refractivity contribution is 0.268. The standard InChI is InChI=1S/C15H22ClN/c1-10-6-4-7-11(2)15(10)17-14-9-5-8-13(16)12(14)3/h5,8-11,15,17H,4,6-7H2,1-3H3. The molecule has 1 aliphatic rings. The van der Waals surface area contributed by atoms with Crippen LogP contribution in [0.15, 0.2) is 18.2 Å². The number of nitrogens with one attached hydrogen (secondary N) is 1. The first-order chi connectivity index (χ1) is 8.09. The van der Waals surface area contributed by atoms with Crippen molar-refractivity contribution in [2.24, 2.45) is 11.8 Å². The van der Waals surface area contributed by atoms with Crippen LogP contribution in [0.3, 0.4) is 0 Å². The highest BCUT2D eigenvalue weighted by Gasteiger charge is 2.27. The van der Waals surface area contributed by atoms with Crippen molar-refractivity contribution in [3.63, 3.8) is 0 Å². The van der Waals surface area contributed by atoms with E-state index in [9.17, 15) is 0 Å². The molecule has 0 aromatic heterocycles. The van der Waals surface area contributed by atoms with E-state index < -0.39 is 0 Å². The lowest BCUT2D eigenvalue weighted by Crippen LogP contribution is -2.37. The second-order valence-electron chi connectivity index (χ2n) is 5.47. The minimum atomic E-state index is 0.584. The van der Waals surface area contributed by atoms with E-state index in [1.807, 2.05) is 12.1 Å². The van der Waals surface area contributed by atoms with Gasteiger partial charge in [0.15, 0.2) is 0 Å². The molecule has 2 atom stereocenters. The fourth-order valence-corrected chi connectivity index (χ4v) is 3.08. The van der Waals surface area contributed by atoms with Gasteiger partial charge in [0.05, 0.1) is 0 Å². The zero-order valence-electron chi connectivity index (χ0n) is 11.0. The third kappa shape index (κ3) is 2.77. The minimum absolute atomic E-state index is 0.584. The molecular formula is C15H22ClN. The number of anilines is 1. The number of rotatable bonds is 2. The van der Waals surface area contributed by atoms with Crippen LogP contribution in [0, 0.1) is 18.8 Å². The average Bonchev–Trinajstić information content (AvgIpc) is 2.29. The number of benzene rings is 1. The molecule has 1 aliphatic carbocycles. The van der Waals surface area contributed by atoms with Crippen LogP contribution in [0.5, 0.6) is 0 Å². The van der Waals surface area contributed by atoms with Gasteiger partial charge in [-0.25, -0.2) is 0 Å². The molecular weight excluding hydrogens is 230 g/mol. The lowest BCUT2D eigenvalue weighted by Gasteiger charge is -2.36. The van der Waals surface area contributed by atoms with Crippen LogP contribution in [0.1, 0.15) is 38.7 Å².